The first-order valence-corrected chi connectivity index (χ1v) is 17.0. The maximum Gasteiger partial charge on any atom is 0.227 e. The molecule has 0 radical (unpaired) electrons. The van der Waals surface area contributed by atoms with Crippen molar-refractivity contribution in [2.24, 2.45) is 5.92 Å². The highest BCUT2D eigenvalue weighted by molar-refractivity contribution is 7.80. The number of amides is 1. The molecule has 12 nitrogen and oxygen atoms in total. The van der Waals surface area contributed by atoms with E-state index in [2.05, 4.69) is 47.2 Å². The van der Waals surface area contributed by atoms with E-state index in [0.717, 1.165) is 123 Å². The molecule has 47 heavy (non-hydrogen) atoms. The number of methoxy groups -OCH3 is 1. The minimum Gasteiger partial charge on any atom is -0.493 e. The minimum atomic E-state index is 0.105. The number of nitrogens with one attached hydrogen (secondary N) is 3. The maximum atomic E-state index is 12.0. The van der Waals surface area contributed by atoms with Gasteiger partial charge < -0.3 is 44.7 Å². The van der Waals surface area contributed by atoms with E-state index in [-0.39, 0.29) is 11.8 Å². The van der Waals surface area contributed by atoms with Gasteiger partial charge in [-0.25, -0.2) is 9.97 Å². The Morgan fingerprint density at radius 3 is 2.38 bits per heavy atom. The number of piperazine rings is 2. The third-order valence-electron chi connectivity index (χ3n) is 9.34. The molecule has 3 aliphatic rings. The summed E-state index contributed by atoms with van der Waals surface area (Å²) in [4.78, 5) is 34.2. The van der Waals surface area contributed by atoms with Gasteiger partial charge >= 0.3 is 0 Å². The summed E-state index contributed by atoms with van der Waals surface area (Å²) >= 11 is 5.76. The lowest BCUT2D eigenvalue weighted by molar-refractivity contribution is -0.117. The van der Waals surface area contributed by atoms with Crippen molar-refractivity contribution in [2.45, 2.75) is 19.3 Å². The number of carbonyl (C=O) groups is 1. The SMILES string of the molecule is COc1cc2c(cc1OCCCN1CCN(C)CC1)[nH]c1ncnc(N3CCN(C(=S)Nc4ccc(NC(=O)C5CC5)cc4)CC3)c12. The highest BCUT2D eigenvalue weighted by Crippen LogP contribution is 2.38. The summed E-state index contributed by atoms with van der Waals surface area (Å²) in [6.45, 7) is 9.16. The van der Waals surface area contributed by atoms with E-state index >= 15 is 0 Å². The smallest absolute Gasteiger partial charge is 0.227 e. The Morgan fingerprint density at radius 2 is 1.68 bits per heavy atom. The van der Waals surface area contributed by atoms with Crippen LogP contribution in [-0.4, -0.2) is 120 Å². The zero-order valence-electron chi connectivity index (χ0n) is 27.1. The van der Waals surface area contributed by atoms with Crippen LogP contribution in [0.2, 0.25) is 0 Å². The molecule has 13 heteroatoms. The van der Waals surface area contributed by atoms with Gasteiger partial charge in [-0.2, -0.15) is 0 Å². The molecule has 3 fully saturated rings. The Labute approximate surface area is 280 Å². The first-order chi connectivity index (χ1) is 22.9. The van der Waals surface area contributed by atoms with Crippen LogP contribution < -0.4 is 25.0 Å². The van der Waals surface area contributed by atoms with E-state index in [1.54, 1.807) is 13.4 Å². The zero-order valence-corrected chi connectivity index (χ0v) is 27.9. The summed E-state index contributed by atoms with van der Waals surface area (Å²) in [6.07, 6.45) is 4.56. The monoisotopic (exact) mass is 657 g/mol. The quantitative estimate of drug-likeness (QED) is 0.170. The number of nitrogens with zero attached hydrogens (tertiary/aromatic N) is 6. The summed E-state index contributed by atoms with van der Waals surface area (Å²) < 4.78 is 12.0. The summed E-state index contributed by atoms with van der Waals surface area (Å²) in [5, 5.41) is 8.99. The van der Waals surface area contributed by atoms with Crippen molar-refractivity contribution in [3.05, 3.63) is 42.7 Å². The number of fused-ring (bicyclic) bond motifs is 3. The van der Waals surface area contributed by atoms with Crippen molar-refractivity contribution in [3.63, 3.8) is 0 Å². The van der Waals surface area contributed by atoms with Crippen LogP contribution in [0.1, 0.15) is 19.3 Å². The molecule has 248 valence electrons. The van der Waals surface area contributed by atoms with Crippen LogP contribution in [0.15, 0.2) is 42.7 Å². The molecule has 1 amide bonds. The molecule has 0 unspecified atom stereocenters. The number of aromatic nitrogens is 3. The molecule has 0 atom stereocenters. The van der Waals surface area contributed by atoms with Crippen LogP contribution in [0, 0.1) is 5.92 Å². The van der Waals surface area contributed by atoms with E-state index in [0.29, 0.717) is 17.5 Å². The Kier molecular flexibility index (Phi) is 9.27. The molecule has 2 saturated heterocycles. The molecule has 4 aromatic rings. The summed E-state index contributed by atoms with van der Waals surface area (Å²) in [5.41, 5.74) is 3.43. The zero-order chi connectivity index (χ0) is 32.3. The van der Waals surface area contributed by atoms with Crippen LogP contribution in [0.4, 0.5) is 17.2 Å². The third kappa shape index (κ3) is 7.21. The van der Waals surface area contributed by atoms with Gasteiger partial charge in [0.2, 0.25) is 5.91 Å². The Balaban J connectivity index is 0.977. The molecule has 2 aromatic heterocycles. The minimum absolute atomic E-state index is 0.105. The summed E-state index contributed by atoms with van der Waals surface area (Å²) in [6, 6.07) is 11.8. The van der Waals surface area contributed by atoms with Gasteiger partial charge in [-0.3, -0.25) is 4.79 Å². The van der Waals surface area contributed by atoms with E-state index in [9.17, 15) is 4.79 Å². The lowest BCUT2D eigenvalue weighted by atomic mass is 10.1. The summed E-state index contributed by atoms with van der Waals surface area (Å²) in [5.74, 6) is 2.61. The molecule has 4 heterocycles. The van der Waals surface area contributed by atoms with Crippen LogP contribution in [0.5, 0.6) is 11.5 Å². The molecular weight excluding hydrogens is 615 g/mol. The number of hydrogen-bond donors (Lipinski definition) is 3. The highest BCUT2D eigenvalue weighted by Gasteiger charge is 2.29. The van der Waals surface area contributed by atoms with Crippen molar-refractivity contribution in [1.82, 2.24) is 29.7 Å². The first kappa shape index (κ1) is 31.4. The third-order valence-corrected chi connectivity index (χ3v) is 9.70. The van der Waals surface area contributed by atoms with Gasteiger partial charge in [-0.15, -0.1) is 0 Å². The van der Waals surface area contributed by atoms with Gasteiger partial charge in [-0.05, 0) is 68.9 Å². The standard InChI is InChI=1S/C34H43N9O3S/c1-40-11-13-41(14-12-40)10-3-19-46-29-21-27-26(20-28(29)45-2)30-31(39-27)35-22-36-32(30)42-15-17-43(18-16-42)34(47)38-25-8-6-24(7-9-25)37-33(44)23-4-5-23/h6-9,20-23H,3-5,10-19H2,1-2H3,(H,37,44)(H,38,47)(H,35,36,39). The largest absolute Gasteiger partial charge is 0.493 e. The predicted octanol–water partition coefficient (Wildman–Crippen LogP) is 4.00. The van der Waals surface area contributed by atoms with Gasteiger partial charge in [0.15, 0.2) is 16.6 Å². The normalized spacial score (nSPS) is 17.7. The van der Waals surface area contributed by atoms with E-state index in [1.807, 2.05) is 36.4 Å². The number of thiocarbonyl (C=S) groups is 1. The molecule has 3 N–H and O–H groups in total. The van der Waals surface area contributed by atoms with Gasteiger partial charge in [0.05, 0.1) is 24.6 Å². The topological polar surface area (TPSA) is 114 Å². The lowest BCUT2D eigenvalue weighted by Gasteiger charge is -2.37. The average molecular weight is 658 g/mol. The number of rotatable bonds is 10. The van der Waals surface area contributed by atoms with E-state index in [4.69, 9.17) is 26.7 Å². The van der Waals surface area contributed by atoms with Gasteiger partial charge in [0.1, 0.15) is 17.8 Å². The molecule has 0 spiro atoms. The van der Waals surface area contributed by atoms with Crippen molar-refractivity contribution in [3.8, 4) is 11.5 Å². The highest BCUT2D eigenvalue weighted by atomic mass is 32.1. The molecular formula is C34H43N9O3S. The Morgan fingerprint density at radius 1 is 0.957 bits per heavy atom. The number of ether oxygens (including phenoxy) is 2. The van der Waals surface area contributed by atoms with Gasteiger partial charge in [0.25, 0.3) is 0 Å². The number of benzene rings is 2. The van der Waals surface area contributed by atoms with Crippen LogP contribution in [0.3, 0.4) is 0 Å². The molecule has 2 aromatic carbocycles. The van der Waals surface area contributed by atoms with Crippen molar-refractivity contribution < 1.29 is 14.3 Å². The molecule has 7 rings (SSSR count). The van der Waals surface area contributed by atoms with Crippen molar-refractivity contribution >= 4 is 62.4 Å². The maximum absolute atomic E-state index is 12.0. The van der Waals surface area contributed by atoms with Gasteiger partial charge in [-0.1, -0.05) is 0 Å². The lowest BCUT2D eigenvalue weighted by Crippen LogP contribution is -2.50. The fourth-order valence-corrected chi connectivity index (χ4v) is 6.62. The van der Waals surface area contributed by atoms with Gasteiger partial charge in [0, 0.05) is 87.6 Å². The number of H-pyrrole nitrogens is 1. The van der Waals surface area contributed by atoms with Crippen molar-refractivity contribution in [1.29, 1.82) is 0 Å². The number of carbonyl (C=O) groups excluding carboxylic acids is 1. The second kappa shape index (κ2) is 13.9. The number of aromatic amines is 1. The van der Waals surface area contributed by atoms with E-state index < -0.39 is 0 Å². The second-order valence-corrected chi connectivity index (χ2v) is 13.1. The predicted molar refractivity (Wildman–Crippen MR) is 190 cm³/mol. The first-order valence-electron chi connectivity index (χ1n) is 16.5. The molecule has 1 aliphatic carbocycles. The van der Waals surface area contributed by atoms with Crippen LogP contribution >= 0.6 is 12.2 Å². The summed E-state index contributed by atoms with van der Waals surface area (Å²) in [7, 11) is 3.86. The molecule has 0 bridgehead atoms. The second-order valence-electron chi connectivity index (χ2n) is 12.7. The molecule has 1 saturated carbocycles. The van der Waals surface area contributed by atoms with Crippen LogP contribution in [0.25, 0.3) is 21.9 Å². The fraction of sp³-hybridized carbons (Fsp3) is 0.471. The number of anilines is 3. The average Bonchev–Trinajstić information content (AvgIpc) is 3.89. The van der Waals surface area contributed by atoms with E-state index in [1.165, 1.54) is 0 Å². The number of likely N-dealkylation sites (N-methyl/N-ethyl adjacent to an activating group) is 1. The number of hydrogen-bond acceptors (Lipinski definition) is 9. The Bertz CT molecular complexity index is 1730. The molecule has 2 aliphatic heterocycles. The fourth-order valence-electron chi connectivity index (χ4n) is 6.32. The Hall–Kier alpha value is -4.20. The van der Waals surface area contributed by atoms with Crippen molar-refractivity contribution in [2.75, 3.05) is 95.2 Å². The van der Waals surface area contributed by atoms with Crippen LogP contribution in [-0.2, 0) is 4.79 Å².